The monoisotopic (exact) mass is 290 g/mol. The molecule has 0 aliphatic rings. The molecular weight excluding hydrogens is 270 g/mol. The van der Waals surface area contributed by atoms with Crippen molar-refractivity contribution in [2.75, 3.05) is 6.54 Å². The molecule has 0 saturated heterocycles. The maximum Gasteiger partial charge on any atom is 0.129 e. The van der Waals surface area contributed by atoms with Crippen LogP contribution in [0.1, 0.15) is 24.5 Å². The zero-order valence-corrected chi connectivity index (χ0v) is 12.2. The highest BCUT2D eigenvalue weighted by Gasteiger charge is 2.12. The number of aromatic nitrogens is 1. The molecule has 1 aromatic heterocycles. The standard InChI is InChI=1S/C17H20F2N2/c1-2-21-16(8-5-13-4-3-9-20-12-13)10-14-6-7-15(18)11-17(14)19/h3-4,6-7,9,11-12,16,21H,2,5,8,10H2,1H3. The van der Waals surface area contributed by atoms with Crippen molar-refractivity contribution in [3.63, 3.8) is 0 Å². The summed E-state index contributed by atoms with van der Waals surface area (Å²) in [5.41, 5.74) is 1.72. The summed E-state index contributed by atoms with van der Waals surface area (Å²) in [4.78, 5) is 4.09. The lowest BCUT2D eigenvalue weighted by atomic mass is 9.99. The lowest BCUT2D eigenvalue weighted by molar-refractivity contribution is 0.477. The number of hydrogen-bond donors (Lipinski definition) is 1. The largest absolute Gasteiger partial charge is 0.314 e. The van der Waals surface area contributed by atoms with Gasteiger partial charge in [-0.2, -0.15) is 0 Å². The molecule has 2 aromatic rings. The predicted molar refractivity (Wildman–Crippen MR) is 80.1 cm³/mol. The Balaban J connectivity index is 1.98. The normalized spacial score (nSPS) is 12.3. The zero-order valence-electron chi connectivity index (χ0n) is 12.2. The Labute approximate surface area is 124 Å². The van der Waals surface area contributed by atoms with Crippen molar-refractivity contribution in [1.29, 1.82) is 0 Å². The number of nitrogens with one attached hydrogen (secondary N) is 1. The predicted octanol–water partition coefficient (Wildman–Crippen LogP) is 3.51. The highest BCUT2D eigenvalue weighted by Crippen LogP contribution is 2.14. The van der Waals surface area contributed by atoms with Gasteiger partial charge in [-0.25, -0.2) is 8.78 Å². The third-order valence-electron chi connectivity index (χ3n) is 3.48. The molecule has 0 radical (unpaired) electrons. The van der Waals surface area contributed by atoms with E-state index in [2.05, 4.69) is 10.3 Å². The fourth-order valence-electron chi connectivity index (χ4n) is 2.40. The summed E-state index contributed by atoms with van der Waals surface area (Å²) in [6.07, 6.45) is 5.92. The van der Waals surface area contributed by atoms with Crippen LogP contribution in [0.25, 0.3) is 0 Å². The van der Waals surface area contributed by atoms with Crippen LogP contribution in [0.5, 0.6) is 0 Å². The van der Waals surface area contributed by atoms with Gasteiger partial charge >= 0.3 is 0 Å². The lowest BCUT2D eigenvalue weighted by Crippen LogP contribution is -2.31. The fourth-order valence-corrected chi connectivity index (χ4v) is 2.40. The van der Waals surface area contributed by atoms with E-state index in [1.54, 1.807) is 6.20 Å². The number of hydrogen-bond acceptors (Lipinski definition) is 2. The number of aryl methyl sites for hydroxylation is 1. The molecule has 112 valence electrons. The van der Waals surface area contributed by atoms with E-state index in [0.29, 0.717) is 12.0 Å². The molecule has 0 bridgehead atoms. The first kappa shape index (κ1) is 15.6. The Kier molecular flexibility index (Phi) is 5.81. The average Bonchev–Trinajstić information content (AvgIpc) is 2.49. The van der Waals surface area contributed by atoms with E-state index in [0.717, 1.165) is 25.5 Å². The lowest BCUT2D eigenvalue weighted by Gasteiger charge is -2.18. The van der Waals surface area contributed by atoms with Crippen LogP contribution in [-0.4, -0.2) is 17.6 Å². The SMILES string of the molecule is CCNC(CCc1cccnc1)Cc1ccc(F)cc1F. The quantitative estimate of drug-likeness (QED) is 0.844. The van der Waals surface area contributed by atoms with Gasteiger partial charge in [-0.3, -0.25) is 4.98 Å². The molecule has 1 aromatic carbocycles. The highest BCUT2D eigenvalue weighted by molar-refractivity contribution is 5.20. The number of benzene rings is 1. The third-order valence-corrected chi connectivity index (χ3v) is 3.48. The molecule has 21 heavy (non-hydrogen) atoms. The van der Waals surface area contributed by atoms with E-state index < -0.39 is 11.6 Å². The second kappa shape index (κ2) is 7.84. The van der Waals surface area contributed by atoms with E-state index in [9.17, 15) is 8.78 Å². The van der Waals surface area contributed by atoms with Gasteiger partial charge in [-0.1, -0.05) is 19.1 Å². The molecule has 0 amide bonds. The van der Waals surface area contributed by atoms with E-state index >= 15 is 0 Å². The van der Waals surface area contributed by atoms with Gasteiger partial charge in [0, 0.05) is 24.5 Å². The molecule has 0 saturated carbocycles. The van der Waals surface area contributed by atoms with Crippen LogP contribution in [0, 0.1) is 11.6 Å². The topological polar surface area (TPSA) is 24.9 Å². The summed E-state index contributed by atoms with van der Waals surface area (Å²) in [7, 11) is 0. The average molecular weight is 290 g/mol. The van der Waals surface area contributed by atoms with Gasteiger partial charge in [-0.05, 0) is 49.1 Å². The summed E-state index contributed by atoms with van der Waals surface area (Å²) in [5, 5.41) is 3.36. The molecule has 0 spiro atoms. The van der Waals surface area contributed by atoms with E-state index in [1.807, 2.05) is 25.3 Å². The van der Waals surface area contributed by atoms with Crippen LogP contribution in [0.2, 0.25) is 0 Å². The van der Waals surface area contributed by atoms with Gasteiger partial charge in [-0.15, -0.1) is 0 Å². The number of likely N-dealkylation sites (N-methyl/N-ethyl adjacent to an activating group) is 1. The van der Waals surface area contributed by atoms with Crippen molar-refractivity contribution in [2.45, 2.75) is 32.2 Å². The Morgan fingerprint density at radius 2 is 2.10 bits per heavy atom. The van der Waals surface area contributed by atoms with Crippen LogP contribution in [0.3, 0.4) is 0 Å². The van der Waals surface area contributed by atoms with E-state index in [4.69, 9.17) is 0 Å². The molecule has 4 heteroatoms. The van der Waals surface area contributed by atoms with Crippen LogP contribution in [0.4, 0.5) is 8.78 Å². The van der Waals surface area contributed by atoms with Crippen molar-refractivity contribution >= 4 is 0 Å². The smallest absolute Gasteiger partial charge is 0.129 e. The number of halogens is 2. The van der Waals surface area contributed by atoms with Gasteiger partial charge in [0.1, 0.15) is 11.6 Å². The van der Waals surface area contributed by atoms with Crippen molar-refractivity contribution in [2.24, 2.45) is 0 Å². The Bertz CT molecular complexity index is 558. The third kappa shape index (κ3) is 4.90. The molecule has 1 atom stereocenters. The Hall–Kier alpha value is -1.81. The van der Waals surface area contributed by atoms with Gasteiger partial charge in [0.15, 0.2) is 0 Å². The van der Waals surface area contributed by atoms with Crippen LogP contribution in [-0.2, 0) is 12.8 Å². The summed E-state index contributed by atoms with van der Waals surface area (Å²) >= 11 is 0. The van der Waals surface area contributed by atoms with Crippen molar-refractivity contribution in [3.05, 3.63) is 65.5 Å². The zero-order chi connectivity index (χ0) is 15.1. The molecule has 2 rings (SSSR count). The molecule has 0 aliphatic carbocycles. The van der Waals surface area contributed by atoms with Crippen LogP contribution < -0.4 is 5.32 Å². The van der Waals surface area contributed by atoms with Crippen molar-refractivity contribution in [3.8, 4) is 0 Å². The molecule has 1 N–H and O–H groups in total. The Morgan fingerprint density at radius 1 is 1.24 bits per heavy atom. The van der Waals surface area contributed by atoms with Crippen LogP contribution >= 0.6 is 0 Å². The van der Waals surface area contributed by atoms with E-state index in [-0.39, 0.29) is 6.04 Å². The molecule has 1 heterocycles. The highest BCUT2D eigenvalue weighted by atomic mass is 19.1. The van der Waals surface area contributed by atoms with Gasteiger partial charge in [0.05, 0.1) is 0 Å². The Morgan fingerprint density at radius 3 is 2.76 bits per heavy atom. The summed E-state index contributed by atoms with van der Waals surface area (Å²) in [6.45, 7) is 2.85. The molecule has 0 aliphatic heterocycles. The van der Waals surface area contributed by atoms with Gasteiger partial charge < -0.3 is 5.32 Å². The summed E-state index contributed by atoms with van der Waals surface area (Å²) < 4.78 is 26.7. The van der Waals surface area contributed by atoms with Gasteiger partial charge in [0.25, 0.3) is 0 Å². The first-order chi connectivity index (χ1) is 10.2. The summed E-state index contributed by atoms with van der Waals surface area (Å²) in [6, 6.07) is 7.89. The molecular formula is C17H20F2N2. The first-order valence-corrected chi connectivity index (χ1v) is 7.25. The van der Waals surface area contributed by atoms with Crippen molar-refractivity contribution < 1.29 is 8.78 Å². The number of pyridine rings is 1. The number of nitrogens with zero attached hydrogens (tertiary/aromatic N) is 1. The minimum absolute atomic E-state index is 0.162. The van der Waals surface area contributed by atoms with Gasteiger partial charge in [0.2, 0.25) is 0 Å². The maximum atomic E-state index is 13.7. The minimum Gasteiger partial charge on any atom is -0.314 e. The minimum atomic E-state index is -0.536. The second-order valence-corrected chi connectivity index (χ2v) is 5.09. The van der Waals surface area contributed by atoms with E-state index in [1.165, 1.54) is 17.7 Å². The molecule has 1 unspecified atom stereocenters. The molecule has 0 fully saturated rings. The summed E-state index contributed by atoms with van der Waals surface area (Å²) in [5.74, 6) is -1.01. The fraction of sp³-hybridized carbons (Fsp3) is 0.353. The maximum absolute atomic E-state index is 13.7. The first-order valence-electron chi connectivity index (χ1n) is 7.25. The van der Waals surface area contributed by atoms with Crippen molar-refractivity contribution in [1.82, 2.24) is 10.3 Å². The van der Waals surface area contributed by atoms with Crippen LogP contribution in [0.15, 0.2) is 42.7 Å². The molecule has 2 nitrogen and oxygen atoms in total. The second-order valence-electron chi connectivity index (χ2n) is 5.09. The number of rotatable bonds is 7.